The maximum atomic E-state index is 5.70. The lowest BCUT2D eigenvalue weighted by Gasteiger charge is -2.20. The summed E-state index contributed by atoms with van der Waals surface area (Å²) < 4.78 is 0. The minimum absolute atomic E-state index is 0.00231. The Labute approximate surface area is 60.9 Å². The summed E-state index contributed by atoms with van der Waals surface area (Å²) in [5.74, 6) is 0.116. The average Bonchev–Trinajstić information content (AvgIpc) is 1.88. The van der Waals surface area contributed by atoms with Crippen molar-refractivity contribution in [3.05, 3.63) is 36.6 Å². The maximum Gasteiger partial charge on any atom is 0.0349 e. The molecule has 54 valence electrons. The smallest absolute Gasteiger partial charge is 0.0349 e. The van der Waals surface area contributed by atoms with Crippen LogP contribution in [0.2, 0.25) is 0 Å². The van der Waals surface area contributed by atoms with Crippen molar-refractivity contribution in [2.75, 3.05) is 0 Å². The van der Waals surface area contributed by atoms with Crippen molar-refractivity contribution >= 4 is 0 Å². The molecule has 0 bridgehead atoms. The molecule has 0 radical (unpaired) electrons. The summed E-state index contributed by atoms with van der Waals surface area (Å²) in [4.78, 5) is 0. The summed E-state index contributed by atoms with van der Waals surface area (Å²) in [5.41, 5.74) is 12.1. The molecule has 2 unspecified atom stereocenters. The van der Waals surface area contributed by atoms with Crippen LogP contribution in [0.4, 0.5) is 0 Å². The normalized spacial score (nSPS) is 31.5. The molecular weight excluding hydrogens is 124 g/mol. The highest BCUT2D eigenvalue weighted by Crippen LogP contribution is 2.15. The van der Waals surface area contributed by atoms with Crippen molar-refractivity contribution in [3.63, 3.8) is 0 Å². The van der Waals surface area contributed by atoms with Gasteiger partial charge in [-0.3, -0.25) is 0 Å². The summed E-state index contributed by atoms with van der Waals surface area (Å²) in [6, 6.07) is 0.00231. The van der Waals surface area contributed by atoms with E-state index in [2.05, 4.69) is 6.58 Å². The lowest BCUT2D eigenvalue weighted by atomic mass is 9.93. The summed E-state index contributed by atoms with van der Waals surface area (Å²) >= 11 is 0. The van der Waals surface area contributed by atoms with E-state index >= 15 is 0 Å². The molecule has 0 fully saturated rings. The zero-order valence-corrected chi connectivity index (χ0v) is 5.83. The molecule has 0 aromatic heterocycles. The van der Waals surface area contributed by atoms with Crippen LogP contribution in [-0.2, 0) is 0 Å². The molecular formula is C8H12N2. The third kappa shape index (κ3) is 1.11. The molecule has 10 heavy (non-hydrogen) atoms. The summed E-state index contributed by atoms with van der Waals surface area (Å²) in [6.45, 7) is 3.65. The van der Waals surface area contributed by atoms with Crippen molar-refractivity contribution in [2.45, 2.75) is 6.04 Å². The van der Waals surface area contributed by atoms with Gasteiger partial charge in [0.2, 0.25) is 0 Å². The maximum absolute atomic E-state index is 5.70. The lowest BCUT2D eigenvalue weighted by molar-refractivity contribution is 0.643. The second-order valence-corrected chi connectivity index (χ2v) is 2.39. The van der Waals surface area contributed by atoms with Gasteiger partial charge in [0.05, 0.1) is 0 Å². The van der Waals surface area contributed by atoms with Crippen molar-refractivity contribution in [3.8, 4) is 0 Å². The van der Waals surface area contributed by atoms with E-state index in [1.54, 1.807) is 6.08 Å². The van der Waals surface area contributed by atoms with Gasteiger partial charge < -0.3 is 11.5 Å². The molecule has 0 spiro atoms. The fourth-order valence-electron chi connectivity index (χ4n) is 1.04. The van der Waals surface area contributed by atoms with Crippen molar-refractivity contribution in [2.24, 2.45) is 17.4 Å². The average molecular weight is 136 g/mol. The minimum Gasteiger partial charge on any atom is -0.401 e. The fraction of sp³-hybridized carbons (Fsp3) is 0.250. The number of rotatable bonds is 1. The van der Waals surface area contributed by atoms with Crippen LogP contribution < -0.4 is 11.5 Å². The second-order valence-electron chi connectivity index (χ2n) is 2.39. The van der Waals surface area contributed by atoms with Crippen molar-refractivity contribution in [1.29, 1.82) is 0 Å². The first-order valence-corrected chi connectivity index (χ1v) is 3.27. The van der Waals surface area contributed by atoms with Crippen LogP contribution in [-0.4, -0.2) is 6.04 Å². The quantitative estimate of drug-likeness (QED) is 0.516. The first kappa shape index (κ1) is 7.09. The predicted octanol–water partition coefficient (Wildman–Crippen LogP) is 0.528. The summed E-state index contributed by atoms with van der Waals surface area (Å²) in [5, 5.41) is 0. The molecule has 2 atom stereocenters. The lowest BCUT2D eigenvalue weighted by Crippen LogP contribution is -2.32. The zero-order chi connectivity index (χ0) is 7.56. The zero-order valence-electron chi connectivity index (χ0n) is 5.83. The van der Waals surface area contributed by atoms with E-state index in [1.165, 1.54) is 0 Å². The van der Waals surface area contributed by atoms with Crippen LogP contribution in [0.5, 0.6) is 0 Å². The first-order chi connectivity index (χ1) is 4.75. The van der Waals surface area contributed by atoms with Crippen molar-refractivity contribution < 1.29 is 0 Å². The van der Waals surface area contributed by atoms with Crippen LogP contribution in [0.1, 0.15) is 0 Å². The standard InChI is InChI=1S/C8H12N2/c1-2-6-7(9)4-3-5-8(6)10/h2-7H,1,9-10H2. The van der Waals surface area contributed by atoms with Gasteiger partial charge in [-0.05, 0) is 6.08 Å². The Kier molecular flexibility index (Phi) is 1.92. The number of allylic oxidation sites excluding steroid dienone is 2. The van der Waals surface area contributed by atoms with E-state index in [1.807, 2.05) is 18.2 Å². The Bertz CT molecular complexity index is 191. The summed E-state index contributed by atoms with van der Waals surface area (Å²) in [7, 11) is 0. The third-order valence-corrected chi connectivity index (χ3v) is 1.68. The van der Waals surface area contributed by atoms with E-state index in [9.17, 15) is 0 Å². The van der Waals surface area contributed by atoms with Gasteiger partial charge in [-0.15, -0.1) is 6.58 Å². The Morgan fingerprint density at radius 2 is 2.30 bits per heavy atom. The van der Waals surface area contributed by atoms with Crippen LogP contribution in [0.3, 0.4) is 0 Å². The second kappa shape index (κ2) is 2.71. The monoisotopic (exact) mass is 136 g/mol. The molecule has 0 aromatic carbocycles. The molecule has 0 saturated heterocycles. The van der Waals surface area contributed by atoms with Crippen LogP contribution in [0, 0.1) is 5.92 Å². The Balaban J connectivity index is 2.80. The number of hydrogen-bond donors (Lipinski definition) is 2. The molecule has 0 aromatic rings. The van der Waals surface area contributed by atoms with E-state index in [0.717, 1.165) is 5.70 Å². The molecule has 0 heterocycles. The largest absolute Gasteiger partial charge is 0.401 e. The summed E-state index contributed by atoms with van der Waals surface area (Å²) in [6.07, 6.45) is 7.43. The third-order valence-electron chi connectivity index (χ3n) is 1.68. The van der Waals surface area contributed by atoms with Gasteiger partial charge in [0, 0.05) is 17.7 Å². The fourth-order valence-corrected chi connectivity index (χ4v) is 1.04. The van der Waals surface area contributed by atoms with Gasteiger partial charge in [0.15, 0.2) is 0 Å². The molecule has 4 N–H and O–H groups in total. The van der Waals surface area contributed by atoms with E-state index in [4.69, 9.17) is 11.5 Å². The molecule has 1 rings (SSSR count). The Hall–Kier alpha value is -1.02. The minimum atomic E-state index is 0.00231. The molecule has 0 saturated carbocycles. The van der Waals surface area contributed by atoms with Crippen LogP contribution in [0.15, 0.2) is 36.6 Å². The van der Waals surface area contributed by atoms with E-state index in [0.29, 0.717) is 0 Å². The van der Waals surface area contributed by atoms with Gasteiger partial charge in [-0.2, -0.15) is 0 Å². The van der Waals surface area contributed by atoms with Crippen LogP contribution in [0.25, 0.3) is 0 Å². The molecule has 1 aliphatic rings. The molecule has 0 amide bonds. The van der Waals surface area contributed by atoms with Gasteiger partial charge in [-0.1, -0.05) is 18.2 Å². The Morgan fingerprint density at radius 1 is 1.60 bits per heavy atom. The highest BCUT2D eigenvalue weighted by molar-refractivity contribution is 5.26. The van der Waals surface area contributed by atoms with Gasteiger partial charge >= 0.3 is 0 Å². The molecule has 1 aliphatic carbocycles. The van der Waals surface area contributed by atoms with Gasteiger partial charge in [-0.25, -0.2) is 0 Å². The van der Waals surface area contributed by atoms with Crippen LogP contribution >= 0.6 is 0 Å². The topological polar surface area (TPSA) is 52.0 Å². The van der Waals surface area contributed by atoms with E-state index < -0.39 is 0 Å². The number of hydrogen-bond acceptors (Lipinski definition) is 2. The Morgan fingerprint density at radius 3 is 2.70 bits per heavy atom. The van der Waals surface area contributed by atoms with Gasteiger partial charge in [0.1, 0.15) is 0 Å². The highest BCUT2D eigenvalue weighted by Gasteiger charge is 2.15. The SMILES string of the molecule is C=CC1C(N)=CC=CC1N. The van der Waals surface area contributed by atoms with Crippen molar-refractivity contribution in [1.82, 2.24) is 0 Å². The van der Waals surface area contributed by atoms with E-state index in [-0.39, 0.29) is 12.0 Å². The number of nitrogens with two attached hydrogens (primary N) is 2. The molecule has 2 nitrogen and oxygen atoms in total. The highest BCUT2D eigenvalue weighted by atomic mass is 14.7. The predicted molar refractivity (Wildman–Crippen MR) is 43.1 cm³/mol. The molecule has 2 heteroatoms. The molecule has 0 aliphatic heterocycles. The van der Waals surface area contributed by atoms with Gasteiger partial charge in [0.25, 0.3) is 0 Å². The first-order valence-electron chi connectivity index (χ1n) is 3.27.